The second-order valence-electron chi connectivity index (χ2n) is 8.34. The number of aromatic nitrogens is 2. The summed E-state index contributed by atoms with van der Waals surface area (Å²) in [6.45, 7) is 4.45. The average molecular weight is 443 g/mol. The third-order valence-corrected chi connectivity index (χ3v) is 6.11. The molecule has 5 rings (SSSR count). The molecule has 2 heterocycles. The number of aryl methyl sites for hydroxylation is 1. The number of fused-ring (bicyclic) bond motifs is 1. The standard InChI is InChI=1S/C26H26N4O3/c1-3-33-22-10-5-4-7-18(22)24-23-20(8-6-9-21(23)31)29-25-19(15-27-30(24)25)26(32)28-17-13-11-16(2)12-14-17/h4-5,7,10-15,24,29H,3,6,8-9H2,1-2H3,(H,28,32)/t24-/m0/s1. The molecule has 7 nitrogen and oxygen atoms in total. The Kier molecular flexibility index (Phi) is 5.46. The molecule has 1 aliphatic heterocycles. The molecule has 2 aliphatic rings. The topological polar surface area (TPSA) is 85.2 Å². The van der Waals surface area contributed by atoms with Crippen molar-refractivity contribution >= 4 is 23.2 Å². The van der Waals surface area contributed by atoms with Crippen LogP contribution in [0.3, 0.4) is 0 Å². The van der Waals surface area contributed by atoms with E-state index in [1.54, 1.807) is 10.9 Å². The molecule has 168 valence electrons. The Morgan fingerprint density at radius 1 is 1.18 bits per heavy atom. The Morgan fingerprint density at radius 2 is 1.97 bits per heavy atom. The molecule has 0 unspecified atom stereocenters. The molecule has 3 aromatic rings. The first-order valence-corrected chi connectivity index (χ1v) is 11.3. The fraction of sp³-hybridized carbons (Fsp3) is 0.269. The van der Waals surface area contributed by atoms with Gasteiger partial charge >= 0.3 is 0 Å². The van der Waals surface area contributed by atoms with E-state index in [0.717, 1.165) is 29.7 Å². The summed E-state index contributed by atoms with van der Waals surface area (Å²) in [5.41, 5.74) is 4.69. The molecule has 2 N–H and O–H groups in total. The molecule has 0 saturated carbocycles. The summed E-state index contributed by atoms with van der Waals surface area (Å²) in [5.74, 6) is 1.15. The van der Waals surface area contributed by atoms with E-state index in [0.29, 0.717) is 41.4 Å². The number of ether oxygens (including phenoxy) is 1. The first-order chi connectivity index (χ1) is 16.1. The van der Waals surface area contributed by atoms with E-state index in [9.17, 15) is 9.59 Å². The highest BCUT2D eigenvalue weighted by Crippen LogP contribution is 2.44. The van der Waals surface area contributed by atoms with E-state index < -0.39 is 6.04 Å². The van der Waals surface area contributed by atoms with Gasteiger partial charge in [0, 0.05) is 28.9 Å². The van der Waals surface area contributed by atoms with Crippen LogP contribution in [0.25, 0.3) is 0 Å². The highest BCUT2D eigenvalue weighted by atomic mass is 16.5. The van der Waals surface area contributed by atoms with E-state index in [2.05, 4.69) is 15.7 Å². The number of hydrogen-bond donors (Lipinski definition) is 2. The summed E-state index contributed by atoms with van der Waals surface area (Å²) >= 11 is 0. The van der Waals surface area contributed by atoms with Crippen molar-refractivity contribution in [2.75, 3.05) is 17.2 Å². The molecule has 0 saturated heterocycles. The zero-order valence-electron chi connectivity index (χ0n) is 18.7. The number of anilines is 2. The molecule has 33 heavy (non-hydrogen) atoms. The summed E-state index contributed by atoms with van der Waals surface area (Å²) in [5, 5.41) is 10.9. The number of hydrogen-bond acceptors (Lipinski definition) is 5. The third-order valence-electron chi connectivity index (χ3n) is 6.11. The van der Waals surface area contributed by atoms with E-state index in [4.69, 9.17) is 4.74 Å². The summed E-state index contributed by atoms with van der Waals surface area (Å²) < 4.78 is 7.63. The number of allylic oxidation sites excluding steroid dienone is 2. The highest BCUT2D eigenvalue weighted by Gasteiger charge is 2.38. The van der Waals surface area contributed by atoms with Gasteiger partial charge in [-0.15, -0.1) is 0 Å². The lowest BCUT2D eigenvalue weighted by Gasteiger charge is -2.34. The van der Waals surface area contributed by atoms with Crippen LogP contribution in [-0.4, -0.2) is 28.1 Å². The first-order valence-electron chi connectivity index (χ1n) is 11.3. The highest BCUT2D eigenvalue weighted by molar-refractivity contribution is 6.08. The van der Waals surface area contributed by atoms with Crippen molar-refractivity contribution < 1.29 is 14.3 Å². The largest absolute Gasteiger partial charge is 0.494 e. The quantitative estimate of drug-likeness (QED) is 0.589. The van der Waals surface area contributed by atoms with Crippen LogP contribution >= 0.6 is 0 Å². The van der Waals surface area contributed by atoms with Crippen LogP contribution in [-0.2, 0) is 4.79 Å². The lowest BCUT2D eigenvalue weighted by molar-refractivity contribution is -0.116. The summed E-state index contributed by atoms with van der Waals surface area (Å²) in [6, 6.07) is 14.9. The Morgan fingerprint density at radius 3 is 2.76 bits per heavy atom. The molecule has 1 amide bonds. The van der Waals surface area contributed by atoms with Gasteiger partial charge in [-0.25, -0.2) is 4.68 Å². The van der Waals surface area contributed by atoms with E-state index in [1.807, 2.05) is 62.4 Å². The van der Waals surface area contributed by atoms with Crippen LogP contribution in [0.4, 0.5) is 11.5 Å². The number of para-hydroxylation sites is 1. The van der Waals surface area contributed by atoms with Crippen LogP contribution in [0.15, 0.2) is 66.0 Å². The zero-order valence-corrected chi connectivity index (χ0v) is 18.7. The maximum absolute atomic E-state index is 13.2. The first kappa shape index (κ1) is 21.0. The normalized spacial score (nSPS) is 17.2. The maximum atomic E-state index is 13.2. The Labute approximate surface area is 192 Å². The van der Waals surface area contributed by atoms with Gasteiger partial charge in [0.1, 0.15) is 23.2 Å². The number of nitrogens with zero attached hydrogens (tertiary/aromatic N) is 2. The number of Topliss-reactive ketones (excluding diaryl/α,β-unsaturated/α-hetero) is 1. The molecule has 0 spiro atoms. The summed E-state index contributed by atoms with van der Waals surface area (Å²) in [7, 11) is 0. The molecule has 0 bridgehead atoms. The smallest absolute Gasteiger partial charge is 0.261 e. The molecule has 7 heteroatoms. The van der Waals surface area contributed by atoms with Crippen LogP contribution in [0, 0.1) is 6.92 Å². The number of ketones is 1. The van der Waals surface area contributed by atoms with Gasteiger partial charge in [0.2, 0.25) is 0 Å². The van der Waals surface area contributed by atoms with E-state index in [1.165, 1.54) is 0 Å². The minimum Gasteiger partial charge on any atom is -0.494 e. The van der Waals surface area contributed by atoms with Gasteiger partial charge in [0.15, 0.2) is 5.78 Å². The minimum absolute atomic E-state index is 0.104. The molecule has 0 radical (unpaired) electrons. The van der Waals surface area contributed by atoms with Crippen molar-refractivity contribution in [2.45, 2.75) is 39.2 Å². The SMILES string of the molecule is CCOc1ccccc1[C@H]1C2=C(CCCC2=O)Nc2c(C(=O)Nc3ccc(C)cc3)cnn21. The fourth-order valence-corrected chi connectivity index (χ4v) is 4.54. The number of carbonyl (C=O) groups is 2. The van der Waals surface area contributed by atoms with Crippen molar-refractivity contribution in [3.63, 3.8) is 0 Å². The van der Waals surface area contributed by atoms with Gasteiger partial charge < -0.3 is 15.4 Å². The Bertz CT molecular complexity index is 1260. The average Bonchev–Trinajstić information content (AvgIpc) is 3.24. The molecule has 0 fully saturated rings. The lowest BCUT2D eigenvalue weighted by Crippen LogP contribution is -2.32. The molecular formula is C26H26N4O3. The molecule has 2 aromatic carbocycles. The van der Waals surface area contributed by atoms with Gasteiger partial charge in [0.25, 0.3) is 5.91 Å². The maximum Gasteiger partial charge on any atom is 0.261 e. The van der Waals surface area contributed by atoms with Gasteiger partial charge in [-0.05, 0) is 44.9 Å². The second-order valence-corrected chi connectivity index (χ2v) is 8.34. The van der Waals surface area contributed by atoms with Crippen molar-refractivity contribution in [3.8, 4) is 5.75 Å². The third kappa shape index (κ3) is 3.80. The fourth-order valence-electron chi connectivity index (χ4n) is 4.54. The summed E-state index contributed by atoms with van der Waals surface area (Å²) in [4.78, 5) is 26.2. The second kappa shape index (κ2) is 8.58. The monoisotopic (exact) mass is 442 g/mol. The van der Waals surface area contributed by atoms with E-state index >= 15 is 0 Å². The zero-order chi connectivity index (χ0) is 22.9. The van der Waals surface area contributed by atoms with Crippen molar-refractivity contribution in [1.82, 2.24) is 9.78 Å². The number of amides is 1. The van der Waals surface area contributed by atoms with Gasteiger partial charge in [-0.1, -0.05) is 35.9 Å². The van der Waals surface area contributed by atoms with Gasteiger partial charge in [0.05, 0.1) is 12.8 Å². The lowest BCUT2D eigenvalue weighted by atomic mass is 9.85. The van der Waals surface area contributed by atoms with Gasteiger partial charge in [-0.3, -0.25) is 9.59 Å². The van der Waals surface area contributed by atoms with Crippen molar-refractivity contribution in [2.24, 2.45) is 0 Å². The summed E-state index contributed by atoms with van der Waals surface area (Å²) in [6.07, 6.45) is 3.60. The molecular weight excluding hydrogens is 416 g/mol. The molecule has 1 aromatic heterocycles. The van der Waals surface area contributed by atoms with E-state index in [-0.39, 0.29) is 11.7 Å². The number of benzene rings is 2. The van der Waals surface area contributed by atoms with Crippen LogP contribution in [0.1, 0.15) is 53.7 Å². The Hall–Kier alpha value is -3.87. The van der Waals surface area contributed by atoms with Crippen molar-refractivity contribution in [1.29, 1.82) is 0 Å². The van der Waals surface area contributed by atoms with Crippen LogP contribution in [0.2, 0.25) is 0 Å². The molecule has 1 aliphatic carbocycles. The molecule has 1 atom stereocenters. The number of nitrogens with one attached hydrogen (secondary N) is 2. The van der Waals surface area contributed by atoms with Crippen LogP contribution < -0.4 is 15.4 Å². The predicted molar refractivity (Wildman–Crippen MR) is 127 cm³/mol. The number of rotatable bonds is 5. The van der Waals surface area contributed by atoms with Crippen LogP contribution in [0.5, 0.6) is 5.75 Å². The van der Waals surface area contributed by atoms with Crippen molar-refractivity contribution in [3.05, 3.63) is 82.7 Å². The van der Waals surface area contributed by atoms with Gasteiger partial charge in [-0.2, -0.15) is 5.10 Å². The number of carbonyl (C=O) groups excluding carboxylic acids is 2. The predicted octanol–water partition coefficient (Wildman–Crippen LogP) is 4.86. The Balaban J connectivity index is 1.59. The minimum atomic E-state index is -0.451.